The second-order valence-corrected chi connectivity index (χ2v) is 11.8. The van der Waals surface area contributed by atoms with Crippen LogP contribution in [-0.4, -0.2) is 64.8 Å². The van der Waals surface area contributed by atoms with E-state index in [2.05, 4.69) is 10.6 Å². The van der Waals surface area contributed by atoms with Gasteiger partial charge in [0.25, 0.3) is 0 Å². The van der Waals surface area contributed by atoms with Crippen LogP contribution in [0.4, 0.5) is 0 Å². The van der Waals surface area contributed by atoms with Crippen molar-refractivity contribution in [2.24, 2.45) is 5.41 Å². The molecular weight excluding hydrogens is 496 g/mol. The molecule has 1 saturated heterocycles. The van der Waals surface area contributed by atoms with E-state index in [0.29, 0.717) is 30.7 Å². The molecule has 1 saturated carbocycles. The summed E-state index contributed by atoms with van der Waals surface area (Å²) in [6, 6.07) is 3.29. The van der Waals surface area contributed by atoms with Crippen LogP contribution >= 0.6 is 0 Å². The van der Waals surface area contributed by atoms with E-state index in [1.54, 1.807) is 25.1 Å². The van der Waals surface area contributed by atoms with Crippen molar-refractivity contribution in [3.05, 3.63) is 29.5 Å². The van der Waals surface area contributed by atoms with Crippen molar-refractivity contribution in [2.45, 2.75) is 96.9 Å². The van der Waals surface area contributed by atoms with E-state index in [-0.39, 0.29) is 47.6 Å². The Morgan fingerprint density at radius 2 is 1.85 bits per heavy atom. The molecule has 0 unspecified atom stereocenters. The average Bonchev–Trinajstić information content (AvgIpc) is 3.30. The molecular formula is C30H40N4O5. The summed E-state index contributed by atoms with van der Waals surface area (Å²) in [4.78, 5) is 53.8. The van der Waals surface area contributed by atoms with E-state index in [1.165, 1.54) is 0 Å². The summed E-state index contributed by atoms with van der Waals surface area (Å²) >= 11 is 0. The van der Waals surface area contributed by atoms with E-state index < -0.39 is 6.04 Å². The number of ether oxygens (including phenoxy) is 1. The van der Waals surface area contributed by atoms with Gasteiger partial charge in [0, 0.05) is 48.6 Å². The van der Waals surface area contributed by atoms with E-state index in [9.17, 15) is 19.2 Å². The molecule has 9 heteroatoms. The third-order valence-corrected chi connectivity index (χ3v) is 8.57. The average molecular weight is 537 g/mol. The van der Waals surface area contributed by atoms with E-state index >= 15 is 0 Å². The van der Waals surface area contributed by atoms with Crippen LogP contribution in [0.2, 0.25) is 0 Å². The number of likely N-dealkylation sites (N-methyl/N-ethyl adjacent to an activating group) is 1. The third-order valence-electron chi connectivity index (χ3n) is 8.57. The van der Waals surface area contributed by atoms with Crippen molar-refractivity contribution in [3.63, 3.8) is 0 Å². The van der Waals surface area contributed by atoms with Crippen molar-refractivity contribution in [3.8, 4) is 5.75 Å². The number of hydrogen-bond acceptors (Lipinski definition) is 5. The number of carbonyl (C=O) groups excluding carboxylic acids is 4. The first-order chi connectivity index (χ1) is 18.6. The zero-order chi connectivity index (χ0) is 27.9. The lowest BCUT2D eigenvalue weighted by Gasteiger charge is -2.27. The molecule has 2 aromatic rings. The maximum atomic E-state index is 13.9. The van der Waals surface area contributed by atoms with Crippen LogP contribution < -0.4 is 15.4 Å². The number of ketones is 1. The first kappa shape index (κ1) is 27.2. The highest BCUT2D eigenvalue weighted by Gasteiger charge is 2.66. The summed E-state index contributed by atoms with van der Waals surface area (Å²) < 4.78 is 7.94. The molecule has 3 aliphatic rings. The van der Waals surface area contributed by atoms with Gasteiger partial charge in [0.2, 0.25) is 17.7 Å². The lowest BCUT2D eigenvalue weighted by Crippen LogP contribution is -2.48. The zero-order valence-electron chi connectivity index (χ0n) is 23.5. The minimum atomic E-state index is -0.573. The van der Waals surface area contributed by atoms with Gasteiger partial charge in [-0.1, -0.05) is 12.8 Å². The summed E-state index contributed by atoms with van der Waals surface area (Å²) in [5.74, 6) is 0.345. The molecule has 1 aliphatic carbocycles. The van der Waals surface area contributed by atoms with Gasteiger partial charge in [-0.2, -0.15) is 0 Å². The van der Waals surface area contributed by atoms with E-state index in [1.807, 2.05) is 30.5 Å². The van der Waals surface area contributed by atoms with Crippen molar-refractivity contribution >= 4 is 34.4 Å². The van der Waals surface area contributed by atoms with Gasteiger partial charge in [-0.05, 0) is 70.6 Å². The number of aryl methyl sites for hydroxylation is 1. The number of nitrogens with zero attached hydrogens (tertiary/aromatic N) is 2. The molecule has 210 valence electrons. The monoisotopic (exact) mass is 536 g/mol. The second kappa shape index (κ2) is 10.7. The molecule has 39 heavy (non-hydrogen) atoms. The molecule has 3 amide bonds. The number of Topliss-reactive ketones (excluding diaryl/α,β-unsaturated/α-hetero) is 1. The number of carbonyl (C=O) groups is 4. The quantitative estimate of drug-likeness (QED) is 0.583. The normalized spacial score (nSPS) is 25.7. The minimum absolute atomic E-state index is 0.0176. The summed E-state index contributed by atoms with van der Waals surface area (Å²) in [6.45, 7) is 6.01. The van der Waals surface area contributed by atoms with Crippen LogP contribution in [0.15, 0.2) is 18.3 Å². The van der Waals surface area contributed by atoms with Crippen molar-refractivity contribution < 1.29 is 23.9 Å². The van der Waals surface area contributed by atoms with Crippen molar-refractivity contribution in [2.75, 3.05) is 13.6 Å². The van der Waals surface area contributed by atoms with Crippen LogP contribution in [0.5, 0.6) is 5.75 Å². The van der Waals surface area contributed by atoms with Gasteiger partial charge in [-0.15, -0.1) is 0 Å². The number of amides is 3. The van der Waals surface area contributed by atoms with Gasteiger partial charge in [0.05, 0.1) is 11.6 Å². The Balaban J connectivity index is 1.57. The molecule has 2 fully saturated rings. The molecule has 0 spiro atoms. The Morgan fingerprint density at radius 3 is 2.54 bits per heavy atom. The number of aromatic nitrogens is 1. The van der Waals surface area contributed by atoms with Crippen LogP contribution in [0.1, 0.15) is 81.6 Å². The fraction of sp³-hybridized carbons (Fsp3) is 0.600. The molecule has 0 radical (unpaired) electrons. The largest absolute Gasteiger partial charge is 0.491 e. The predicted molar refractivity (Wildman–Crippen MR) is 148 cm³/mol. The molecule has 1 aromatic carbocycles. The lowest BCUT2D eigenvalue weighted by molar-refractivity contribution is -0.140. The Labute approximate surface area is 229 Å². The summed E-state index contributed by atoms with van der Waals surface area (Å²) in [7, 11) is 1.59. The summed E-state index contributed by atoms with van der Waals surface area (Å²) in [5.41, 5.74) is 2.23. The Hall–Kier alpha value is -3.36. The summed E-state index contributed by atoms with van der Waals surface area (Å²) in [6.07, 6.45) is 8.02. The van der Waals surface area contributed by atoms with E-state index in [4.69, 9.17) is 4.74 Å². The Kier molecular flexibility index (Phi) is 7.44. The van der Waals surface area contributed by atoms with Crippen LogP contribution in [0, 0.1) is 5.41 Å². The predicted octanol–water partition coefficient (Wildman–Crippen LogP) is 3.36. The summed E-state index contributed by atoms with van der Waals surface area (Å²) in [5, 5.41) is 6.59. The molecule has 2 aliphatic heterocycles. The molecule has 9 nitrogen and oxygen atoms in total. The smallest absolute Gasteiger partial charge is 0.243 e. The molecule has 1 aromatic heterocycles. The topological polar surface area (TPSA) is 110 Å². The van der Waals surface area contributed by atoms with Gasteiger partial charge >= 0.3 is 0 Å². The van der Waals surface area contributed by atoms with Crippen molar-refractivity contribution in [1.29, 1.82) is 0 Å². The zero-order valence-corrected chi connectivity index (χ0v) is 23.5. The third kappa shape index (κ3) is 5.28. The fourth-order valence-corrected chi connectivity index (χ4v) is 6.62. The highest BCUT2D eigenvalue weighted by atomic mass is 16.5. The van der Waals surface area contributed by atoms with Crippen LogP contribution in [0.25, 0.3) is 10.9 Å². The minimum Gasteiger partial charge on any atom is -0.491 e. The fourth-order valence-electron chi connectivity index (χ4n) is 6.62. The highest BCUT2D eigenvalue weighted by molar-refractivity contribution is 6.08. The SMILES string of the molecule is CNC(=O)[C@@H]1C[C@]23CNC(=O)CCCCCCc4cc(OC(C)C)cc5c(C(C)=O)cn(c45)CC(=O)N1[C@@H]2C3. The number of benzene rings is 1. The van der Waals surface area contributed by atoms with Gasteiger partial charge in [-0.25, -0.2) is 0 Å². The molecule has 3 heterocycles. The van der Waals surface area contributed by atoms with E-state index in [0.717, 1.165) is 55.0 Å². The van der Waals surface area contributed by atoms with Gasteiger partial charge in [-0.3, -0.25) is 19.2 Å². The van der Waals surface area contributed by atoms with Gasteiger partial charge < -0.3 is 24.8 Å². The standard InChI is InChI=1S/C30H40N4O5/c1-18(2)39-21-11-20-9-7-5-6-8-10-26(36)32-17-30-13-24(29(38)31-4)34(25(30)14-30)27(37)16-33-15-23(19(3)35)22(12-21)28(20)33/h11-12,15,18,24-25H,5-10,13-14,16-17H2,1-4H3,(H,31,38)(H,32,36)/t24-,25+,30-/m0/s1. The second-order valence-electron chi connectivity index (χ2n) is 11.8. The van der Waals surface area contributed by atoms with Crippen LogP contribution in [-0.2, 0) is 27.3 Å². The Morgan fingerprint density at radius 1 is 1.10 bits per heavy atom. The number of nitrogens with one attached hydrogen (secondary N) is 2. The first-order valence-electron chi connectivity index (χ1n) is 14.3. The Bertz CT molecular complexity index is 1310. The maximum Gasteiger partial charge on any atom is 0.243 e. The van der Waals surface area contributed by atoms with Gasteiger partial charge in [0.1, 0.15) is 18.3 Å². The lowest BCUT2D eigenvalue weighted by atomic mass is 9.98. The molecule has 2 bridgehead atoms. The molecule has 3 atom stereocenters. The molecule has 5 rings (SSSR count). The maximum absolute atomic E-state index is 13.9. The first-order valence-corrected chi connectivity index (χ1v) is 14.3. The molecule has 2 N–H and O–H groups in total. The van der Waals surface area contributed by atoms with Crippen LogP contribution in [0.3, 0.4) is 0 Å². The van der Waals surface area contributed by atoms with Crippen molar-refractivity contribution in [1.82, 2.24) is 20.1 Å². The van der Waals surface area contributed by atoms with Gasteiger partial charge in [0.15, 0.2) is 5.78 Å². The number of piperidine rings is 1. The number of hydrogen-bond donors (Lipinski definition) is 2. The highest BCUT2D eigenvalue weighted by Crippen LogP contribution is 2.59. The number of rotatable bonds is 4.